The lowest BCUT2D eigenvalue weighted by atomic mass is 9.92. The first-order chi connectivity index (χ1) is 7.90. The van der Waals surface area contributed by atoms with E-state index in [1.807, 2.05) is 25.7 Å². The summed E-state index contributed by atoms with van der Waals surface area (Å²) in [5.41, 5.74) is -0.426. The molecular formula is C13H23NO3. The molecule has 0 spiro atoms. The van der Waals surface area contributed by atoms with Gasteiger partial charge in [-0.25, -0.2) is 4.79 Å². The van der Waals surface area contributed by atoms with Gasteiger partial charge in [0.05, 0.1) is 0 Å². The van der Waals surface area contributed by atoms with Crippen LogP contribution in [0.4, 0.5) is 4.79 Å². The normalized spacial score (nSPS) is 32.7. The maximum absolute atomic E-state index is 12.1. The van der Waals surface area contributed by atoms with E-state index < -0.39 is 5.60 Å². The number of nitrogens with zero attached hydrogens (tertiary/aromatic N) is 1. The summed E-state index contributed by atoms with van der Waals surface area (Å²) in [6, 6.07) is 0.557. The zero-order chi connectivity index (χ0) is 12.6. The molecule has 4 nitrogen and oxygen atoms in total. The lowest BCUT2D eigenvalue weighted by Crippen LogP contribution is -2.48. The van der Waals surface area contributed by atoms with Crippen LogP contribution in [0.15, 0.2) is 0 Å². The molecule has 2 rings (SSSR count). The Hall–Kier alpha value is -0.770. The Bertz CT molecular complexity index is 284. The quantitative estimate of drug-likeness (QED) is 0.765. The van der Waals surface area contributed by atoms with Gasteiger partial charge in [-0.05, 0) is 52.4 Å². The van der Waals surface area contributed by atoms with E-state index in [4.69, 9.17) is 4.74 Å². The van der Waals surface area contributed by atoms with E-state index in [-0.39, 0.29) is 24.8 Å². The molecule has 1 N–H and O–H groups in total. The fraction of sp³-hybridized carbons (Fsp3) is 0.923. The summed E-state index contributed by atoms with van der Waals surface area (Å²) in [6.07, 6.45) is 3.78. The Kier molecular flexibility index (Phi) is 3.34. The van der Waals surface area contributed by atoms with Crippen molar-refractivity contribution in [3.05, 3.63) is 0 Å². The van der Waals surface area contributed by atoms with Gasteiger partial charge in [0.1, 0.15) is 5.60 Å². The van der Waals surface area contributed by atoms with E-state index in [1.54, 1.807) is 0 Å². The van der Waals surface area contributed by atoms with Gasteiger partial charge in [0, 0.05) is 18.7 Å². The van der Waals surface area contributed by atoms with Crippen LogP contribution in [0.2, 0.25) is 0 Å². The molecule has 3 atom stereocenters. The van der Waals surface area contributed by atoms with Crippen molar-refractivity contribution in [2.75, 3.05) is 6.61 Å². The van der Waals surface area contributed by atoms with Crippen LogP contribution in [0.5, 0.6) is 0 Å². The van der Waals surface area contributed by atoms with Crippen LogP contribution >= 0.6 is 0 Å². The lowest BCUT2D eigenvalue weighted by Gasteiger charge is -2.39. The molecular weight excluding hydrogens is 218 g/mol. The van der Waals surface area contributed by atoms with Gasteiger partial charge in [0.15, 0.2) is 0 Å². The number of hydrogen-bond acceptors (Lipinski definition) is 3. The second kappa shape index (κ2) is 4.48. The monoisotopic (exact) mass is 241 g/mol. The lowest BCUT2D eigenvalue weighted by molar-refractivity contribution is -0.00190. The highest BCUT2D eigenvalue weighted by Gasteiger charge is 2.44. The zero-order valence-corrected chi connectivity index (χ0v) is 11.0. The van der Waals surface area contributed by atoms with Crippen LogP contribution in [-0.2, 0) is 4.74 Å². The van der Waals surface area contributed by atoms with Crippen LogP contribution in [0, 0.1) is 5.92 Å². The first kappa shape index (κ1) is 12.7. The van der Waals surface area contributed by atoms with Gasteiger partial charge in [-0.3, -0.25) is 0 Å². The molecule has 0 radical (unpaired) electrons. The average Bonchev–Trinajstić information content (AvgIpc) is 2.47. The second-order valence-corrected chi connectivity index (χ2v) is 6.29. The Morgan fingerprint density at radius 1 is 1.29 bits per heavy atom. The first-order valence-electron chi connectivity index (χ1n) is 6.53. The van der Waals surface area contributed by atoms with E-state index >= 15 is 0 Å². The summed E-state index contributed by atoms with van der Waals surface area (Å²) in [7, 11) is 0. The van der Waals surface area contributed by atoms with Crippen molar-refractivity contribution in [3.63, 3.8) is 0 Å². The van der Waals surface area contributed by atoms with Crippen molar-refractivity contribution in [2.45, 2.75) is 64.1 Å². The summed E-state index contributed by atoms with van der Waals surface area (Å²) in [5, 5.41) is 9.23. The molecule has 2 saturated heterocycles. The second-order valence-electron chi connectivity index (χ2n) is 6.29. The Labute approximate surface area is 103 Å². The van der Waals surface area contributed by atoms with E-state index in [9.17, 15) is 9.90 Å². The number of rotatable bonds is 1. The van der Waals surface area contributed by atoms with Gasteiger partial charge in [0.2, 0.25) is 0 Å². The van der Waals surface area contributed by atoms with Gasteiger partial charge in [-0.2, -0.15) is 0 Å². The number of aliphatic hydroxyl groups is 1. The van der Waals surface area contributed by atoms with Crippen molar-refractivity contribution < 1.29 is 14.6 Å². The van der Waals surface area contributed by atoms with Crippen molar-refractivity contribution in [3.8, 4) is 0 Å². The van der Waals surface area contributed by atoms with Gasteiger partial charge in [-0.1, -0.05) is 0 Å². The standard InChI is InChI=1S/C13H23NO3/c1-13(2,3)17-12(16)14-10-4-5-11(14)7-9(6-10)8-15/h9-11,15H,4-8H2,1-3H3/t9?,10-,11+. The van der Waals surface area contributed by atoms with Crippen molar-refractivity contribution in [1.82, 2.24) is 4.90 Å². The molecule has 17 heavy (non-hydrogen) atoms. The molecule has 1 unspecified atom stereocenters. The molecule has 0 aliphatic carbocycles. The molecule has 0 aromatic rings. The Morgan fingerprint density at radius 3 is 2.24 bits per heavy atom. The SMILES string of the molecule is CC(C)(C)OC(=O)N1[C@@H]2CC[C@H]1CC(CO)C2. The third-order valence-corrected chi connectivity index (χ3v) is 3.69. The fourth-order valence-corrected chi connectivity index (χ4v) is 3.05. The number of piperidine rings is 1. The first-order valence-corrected chi connectivity index (χ1v) is 6.53. The summed E-state index contributed by atoms with van der Waals surface area (Å²) < 4.78 is 5.45. The van der Waals surface area contributed by atoms with Crippen molar-refractivity contribution in [2.24, 2.45) is 5.92 Å². The fourth-order valence-electron chi connectivity index (χ4n) is 3.05. The number of ether oxygens (including phenoxy) is 1. The third-order valence-electron chi connectivity index (χ3n) is 3.69. The average molecular weight is 241 g/mol. The minimum atomic E-state index is -0.426. The number of carbonyl (C=O) groups is 1. The highest BCUT2D eigenvalue weighted by Crippen LogP contribution is 2.39. The molecule has 2 aliphatic heterocycles. The molecule has 1 amide bonds. The summed E-state index contributed by atoms with van der Waals surface area (Å²) in [6.45, 7) is 5.93. The van der Waals surface area contributed by atoms with Crippen LogP contribution in [0.1, 0.15) is 46.5 Å². The molecule has 0 aromatic heterocycles. The molecule has 98 valence electrons. The molecule has 2 aliphatic rings. The Morgan fingerprint density at radius 2 is 1.82 bits per heavy atom. The van der Waals surface area contributed by atoms with Crippen LogP contribution < -0.4 is 0 Å². The topological polar surface area (TPSA) is 49.8 Å². The highest BCUT2D eigenvalue weighted by atomic mass is 16.6. The highest BCUT2D eigenvalue weighted by molar-refractivity contribution is 5.69. The molecule has 4 heteroatoms. The summed E-state index contributed by atoms with van der Waals surface area (Å²) in [5.74, 6) is 0.367. The summed E-state index contributed by atoms with van der Waals surface area (Å²) in [4.78, 5) is 14.0. The maximum atomic E-state index is 12.1. The number of carbonyl (C=O) groups excluding carboxylic acids is 1. The smallest absolute Gasteiger partial charge is 0.410 e. The zero-order valence-electron chi connectivity index (χ0n) is 11.0. The number of fused-ring (bicyclic) bond motifs is 2. The van der Waals surface area contributed by atoms with E-state index in [0.717, 1.165) is 25.7 Å². The van der Waals surface area contributed by atoms with Crippen LogP contribution in [0.25, 0.3) is 0 Å². The van der Waals surface area contributed by atoms with Crippen molar-refractivity contribution in [1.29, 1.82) is 0 Å². The minimum absolute atomic E-state index is 0.179. The van der Waals surface area contributed by atoms with E-state index in [0.29, 0.717) is 5.92 Å². The van der Waals surface area contributed by atoms with Gasteiger partial charge in [-0.15, -0.1) is 0 Å². The van der Waals surface area contributed by atoms with Crippen LogP contribution in [-0.4, -0.2) is 40.4 Å². The number of hydrogen-bond donors (Lipinski definition) is 1. The van der Waals surface area contributed by atoms with Crippen molar-refractivity contribution >= 4 is 6.09 Å². The van der Waals surface area contributed by atoms with Gasteiger partial charge >= 0.3 is 6.09 Å². The van der Waals surface area contributed by atoms with E-state index in [2.05, 4.69) is 0 Å². The van der Waals surface area contributed by atoms with E-state index in [1.165, 1.54) is 0 Å². The minimum Gasteiger partial charge on any atom is -0.444 e. The number of amides is 1. The van der Waals surface area contributed by atoms with Gasteiger partial charge < -0.3 is 14.7 Å². The molecule has 2 heterocycles. The predicted molar refractivity (Wildman–Crippen MR) is 64.7 cm³/mol. The Balaban J connectivity index is 2.01. The molecule has 2 fully saturated rings. The molecule has 0 saturated carbocycles. The molecule has 2 bridgehead atoms. The third kappa shape index (κ3) is 2.73. The molecule has 0 aromatic carbocycles. The maximum Gasteiger partial charge on any atom is 0.410 e. The summed E-state index contributed by atoms with van der Waals surface area (Å²) >= 11 is 0. The van der Waals surface area contributed by atoms with Gasteiger partial charge in [0.25, 0.3) is 0 Å². The predicted octanol–water partition coefficient (Wildman–Crippen LogP) is 2.16. The van der Waals surface area contributed by atoms with Crippen LogP contribution in [0.3, 0.4) is 0 Å². The largest absolute Gasteiger partial charge is 0.444 e. The number of aliphatic hydroxyl groups excluding tert-OH is 1.